The molecule has 3 aromatic heterocycles. The first kappa shape index (κ1) is 25.1. The highest BCUT2D eigenvalue weighted by molar-refractivity contribution is 7.92. The summed E-state index contributed by atoms with van der Waals surface area (Å²) < 4.78 is 45.1. The van der Waals surface area contributed by atoms with E-state index in [0.717, 1.165) is 41.4 Å². The molecule has 2 atom stereocenters. The molecule has 1 aliphatic rings. The minimum absolute atomic E-state index is 0.137. The van der Waals surface area contributed by atoms with E-state index in [1.807, 2.05) is 19.2 Å². The third-order valence-corrected chi connectivity index (χ3v) is 6.68. The van der Waals surface area contributed by atoms with E-state index in [2.05, 4.69) is 43.7 Å². The number of sulfonamides is 1. The van der Waals surface area contributed by atoms with E-state index < -0.39 is 10.0 Å². The third-order valence-electron chi connectivity index (χ3n) is 6.09. The second-order valence-corrected chi connectivity index (χ2v) is 11.1. The first-order valence-electron chi connectivity index (χ1n) is 11.8. The summed E-state index contributed by atoms with van der Waals surface area (Å²) in [6.45, 7) is 6.22. The summed E-state index contributed by atoms with van der Waals surface area (Å²) >= 11 is 0. The summed E-state index contributed by atoms with van der Waals surface area (Å²) in [6.07, 6.45) is 4.72. The highest BCUT2D eigenvalue weighted by atomic mass is 32.2. The Hall–Kier alpha value is -3.55. The molecule has 1 fully saturated rings. The molecule has 4 heterocycles. The Morgan fingerprint density at radius 1 is 1.11 bits per heavy atom. The van der Waals surface area contributed by atoms with Gasteiger partial charge >= 0.3 is 0 Å². The van der Waals surface area contributed by atoms with E-state index in [-0.39, 0.29) is 23.8 Å². The zero-order chi connectivity index (χ0) is 26.3. The van der Waals surface area contributed by atoms with Gasteiger partial charge < -0.3 is 13.9 Å². The van der Waals surface area contributed by atoms with Gasteiger partial charge in [-0.15, -0.1) is 10.2 Å². The first-order valence-corrected chi connectivity index (χ1v) is 13.7. The number of hydrogen-bond donors (Lipinski definition) is 1. The Labute approximate surface area is 214 Å². The number of hydrogen-bond acceptors (Lipinski definition) is 10. The third kappa shape index (κ3) is 5.43. The van der Waals surface area contributed by atoms with Crippen LogP contribution in [0.5, 0.6) is 5.88 Å². The molecule has 0 saturated carbocycles. The smallest absolute Gasteiger partial charge is 0.248 e. The van der Waals surface area contributed by atoms with E-state index in [4.69, 9.17) is 13.9 Å². The van der Waals surface area contributed by atoms with E-state index in [1.165, 1.54) is 7.11 Å². The zero-order valence-corrected chi connectivity index (χ0v) is 22.1. The van der Waals surface area contributed by atoms with Crippen LogP contribution in [0.1, 0.15) is 19.7 Å². The molecular weight excluding hydrogens is 498 g/mol. The summed E-state index contributed by atoms with van der Waals surface area (Å²) in [7, 11) is -0.261. The predicted molar refractivity (Wildman–Crippen MR) is 138 cm³/mol. The number of aryl methyl sites for hydroxylation is 1. The van der Waals surface area contributed by atoms with Crippen molar-refractivity contribution in [3.63, 3.8) is 0 Å². The van der Waals surface area contributed by atoms with Crippen LogP contribution in [-0.2, 0) is 28.4 Å². The Morgan fingerprint density at radius 3 is 2.57 bits per heavy atom. The van der Waals surface area contributed by atoms with Gasteiger partial charge in [-0.3, -0.25) is 14.3 Å². The molecule has 2 unspecified atom stereocenters. The number of methoxy groups -OCH3 is 1. The van der Waals surface area contributed by atoms with Crippen molar-refractivity contribution >= 4 is 26.6 Å². The minimum Gasteiger partial charge on any atom is -0.480 e. The maximum atomic E-state index is 11.9. The number of benzene rings is 1. The van der Waals surface area contributed by atoms with E-state index in [0.29, 0.717) is 23.9 Å². The van der Waals surface area contributed by atoms with Gasteiger partial charge in [0, 0.05) is 37.3 Å². The molecule has 5 rings (SSSR count). The van der Waals surface area contributed by atoms with Crippen molar-refractivity contribution in [1.82, 2.24) is 29.9 Å². The molecule has 1 N–H and O–H groups in total. The van der Waals surface area contributed by atoms with E-state index in [9.17, 15) is 8.42 Å². The standard InChI is InChI=1S/C24H29N7O5S/c1-14-11-31(12-15(2)35-14)13-22-27-28-23(36-22)18-6-16(8-21-19(18)10-26-30(21)3)17-7-20(29-37(5,32)33)24(34-4)25-9-17/h6-10,14-15,29H,11-13H2,1-5H3. The van der Waals surface area contributed by atoms with Crippen LogP contribution in [0.3, 0.4) is 0 Å². The minimum atomic E-state index is -3.54. The van der Waals surface area contributed by atoms with Crippen LogP contribution in [0, 0.1) is 0 Å². The normalized spacial score (nSPS) is 18.8. The quantitative estimate of drug-likeness (QED) is 0.382. The highest BCUT2D eigenvalue weighted by Crippen LogP contribution is 2.35. The van der Waals surface area contributed by atoms with E-state index in [1.54, 1.807) is 23.1 Å². The van der Waals surface area contributed by atoms with Crippen LogP contribution in [0.4, 0.5) is 5.69 Å². The fourth-order valence-electron chi connectivity index (χ4n) is 4.67. The number of morpholine rings is 1. The number of nitrogens with zero attached hydrogens (tertiary/aromatic N) is 6. The topological polar surface area (TPSA) is 138 Å². The highest BCUT2D eigenvalue weighted by Gasteiger charge is 2.24. The number of fused-ring (bicyclic) bond motifs is 1. The number of pyridine rings is 1. The van der Waals surface area contributed by atoms with Crippen molar-refractivity contribution in [2.45, 2.75) is 32.6 Å². The molecule has 37 heavy (non-hydrogen) atoms. The van der Waals surface area contributed by atoms with Crippen molar-refractivity contribution in [2.75, 3.05) is 31.2 Å². The molecule has 12 nitrogen and oxygen atoms in total. The van der Waals surface area contributed by atoms with Crippen molar-refractivity contribution in [3.05, 3.63) is 36.5 Å². The lowest BCUT2D eigenvalue weighted by Gasteiger charge is -2.34. The maximum Gasteiger partial charge on any atom is 0.248 e. The molecule has 1 aliphatic heterocycles. The van der Waals surface area contributed by atoms with Gasteiger partial charge in [-0.25, -0.2) is 13.4 Å². The van der Waals surface area contributed by atoms with Crippen molar-refractivity contribution < 1.29 is 22.3 Å². The molecule has 4 aromatic rings. The average molecular weight is 528 g/mol. The first-order chi connectivity index (χ1) is 17.6. The largest absolute Gasteiger partial charge is 0.480 e. The number of rotatable bonds is 7. The van der Waals surface area contributed by atoms with Gasteiger partial charge in [-0.05, 0) is 37.6 Å². The van der Waals surface area contributed by atoms with Crippen LogP contribution in [-0.4, -0.2) is 76.9 Å². The van der Waals surface area contributed by atoms with Gasteiger partial charge in [-0.1, -0.05) is 0 Å². The van der Waals surface area contributed by atoms with Crippen LogP contribution in [0.25, 0.3) is 33.5 Å². The van der Waals surface area contributed by atoms with E-state index >= 15 is 0 Å². The molecule has 1 aromatic carbocycles. The van der Waals surface area contributed by atoms with Gasteiger partial charge in [0.15, 0.2) is 0 Å². The second-order valence-electron chi connectivity index (χ2n) is 9.33. The molecule has 0 aliphatic carbocycles. The summed E-state index contributed by atoms with van der Waals surface area (Å²) in [5.74, 6) is 1.06. The fraction of sp³-hybridized carbons (Fsp3) is 0.417. The summed E-state index contributed by atoms with van der Waals surface area (Å²) in [6, 6.07) is 5.54. The lowest BCUT2D eigenvalue weighted by molar-refractivity contribution is -0.0721. The number of ether oxygens (including phenoxy) is 2. The zero-order valence-electron chi connectivity index (χ0n) is 21.3. The van der Waals surface area contributed by atoms with Crippen LogP contribution < -0.4 is 9.46 Å². The number of aromatic nitrogens is 5. The lowest BCUT2D eigenvalue weighted by atomic mass is 10.0. The van der Waals surface area contributed by atoms with Gasteiger partial charge in [0.2, 0.25) is 27.7 Å². The van der Waals surface area contributed by atoms with Crippen molar-refractivity contribution in [2.24, 2.45) is 7.05 Å². The van der Waals surface area contributed by atoms with Crippen LogP contribution >= 0.6 is 0 Å². The number of anilines is 1. The molecule has 0 amide bonds. The SMILES string of the molecule is COc1ncc(-c2cc(-c3nnc(CN4CC(C)OC(C)C4)o3)c3cnn(C)c3c2)cc1NS(C)(=O)=O. The second kappa shape index (κ2) is 9.72. The Balaban J connectivity index is 1.53. The van der Waals surface area contributed by atoms with Gasteiger partial charge in [0.25, 0.3) is 0 Å². The molecular formula is C24H29N7O5S. The summed E-state index contributed by atoms with van der Waals surface area (Å²) in [5, 5.41) is 13.9. The molecule has 0 radical (unpaired) electrons. The van der Waals surface area contributed by atoms with Gasteiger partial charge in [0.1, 0.15) is 5.69 Å². The average Bonchev–Trinajstić information content (AvgIpc) is 3.43. The summed E-state index contributed by atoms with van der Waals surface area (Å²) in [4.78, 5) is 6.53. The molecule has 0 spiro atoms. The van der Waals surface area contributed by atoms with Gasteiger partial charge in [0.05, 0.1) is 49.4 Å². The maximum absolute atomic E-state index is 11.9. The molecule has 1 saturated heterocycles. The molecule has 0 bridgehead atoms. The summed E-state index contributed by atoms with van der Waals surface area (Å²) in [5.41, 5.74) is 3.25. The lowest BCUT2D eigenvalue weighted by Crippen LogP contribution is -2.44. The Kier molecular flexibility index (Phi) is 6.60. The van der Waals surface area contributed by atoms with Crippen molar-refractivity contribution in [3.8, 4) is 28.5 Å². The Morgan fingerprint density at radius 2 is 1.86 bits per heavy atom. The van der Waals surface area contributed by atoms with Gasteiger partial charge in [-0.2, -0.15) is 5.10 Å². The molecule has 196 valence electrons. The van der Waals surface area contributed by atoms with Crippen molar-refractivity contribution in [1.29, 1.82) is 0 Å². The predicted octanol–water partition coefficient (Wildman–Crippen LogP) is 2.67. The Bertz CT molecular complexity index is 1540. The fourth-order valence-corrected chi connectivity index (χ4v) is 5.21. The number of nitrogens with one attached hydrogen (secondary N) is 1. The monoisotopic (exact) mass is 527 g/mol. The molecule has 13 heteroatoms. The van der Waals surface area contributed by atoms with Crippen LogP contribution in [0.15, 0.2) is 35.0 Å². The van der Waals surface area contributed by atoms with Crippen LogP contribution in [0.2, 0.25) is 0 Å².